The maximum Gasteiger partial charge on any atom is 0.274 e. The first kappa shape index (κ1) is 16.6. The molecule has 0 radical (unpaired) electrons. The van der Waals surface area contributed by atoms with Crippen molar-refractivity contribution in [1.29, 1.82) is 0 Å². The Balaban J connectivity index is 1.90. The Hall–Kier alpha value is -3.22. The van der Waals surface area contributed by atoms with Crippen molar-refractivity contribution in [3.05, 3.63) is 58.0 Å². The second-order valence-electron chi connectivity index (χ2n) is 5.54. The van der Waals surface area contributed by atoms with E-state index in [2.05, 4.69) is 31.8 Å². The highest BCUT2D eigenvalue weighted by Crippen LogP contribution is 2.22. The van der Waals surface area contributed by atoms with Crippen LogP contribution in [-0.2, 0) is 0 Å². The van der Waals surface area contributed by atoms with Gasteiger partial charge >= 0.3 is 0 Å². The third-order valence-electron chi connectivity index (χ3n) is 3.87. The molecule has 1 aromatic heterocycles. The number of aromatic amines is 1. The SMILES string of the molecule is CC/C(=N/Nc1nnc(C)c(=O)[nH]1)c1ccc2cc(OC)ccc2c1. The molecule has 1 heterocycles. The molecule has 3 rings (SSSR count). The molecule has 7 nitrogen and oxygen atoms in total. The largest absolute Gasteiger partial charge is 0.497 e. The van der Waals surface area contributed by atoms with Crippen LogP contribution in [0.2, 0.25) is 0 Å². The molecule has 2 aromatic carbocycles. The van der Waals surface area contributed by atoms with Crippen LogP contribution in [-0.4, -0.2) is 28.0 Å². The van der Waals surface area contributed by atoms with Crippen LogP contribution < -0.4 is 15.7 Å². The van der Waals surface area contributed by atoms with Crippen molar-refractivity contribution in [2.75, 3.05) is 12.5 Å². The topological polar surface area (TPSA) is 92.3 Å². The molecule has 0 aliphatic heterocycles. The van der Waals surface area contributed by atoms with E-state index in [1.807, 2.05) is 37.3 Å². The average molecular weight is 337 g/mol. The van der Waals surface area contributed by atoms with E-state index in [4.69, 9.17) is 4.74 Å². The van der Waals surface area contributed by atoms with Crippen LogP contribution in [0.3, 0.4) is 0 Å². The number of aryl methyl sites for hydroxylation is 1. The Bertz CT molecular complexity index is 994. The second-order valence-corrected chi connectivity index (χ2v) is 5.54. The van der Waals surface area contributed by atoms with Gasteiger partial charge in [-0.3, -0.25) is 9.78 Å². The Labute approximate surface area is 144 Å². The van der Waals surface area contributed by atoms with Crippen LogP contribution in [0.4, 0.5) is 5.95 Å². The molecule has 0 fully saturated rings. The molecule has 0 bridgehead atoms. The van der Waals surface area contributed by atoms with Crippen LogP contribution in [0, 0.1) is 6.92 Å². The van der Waals surface area contributed by atoms with Crippen molar-refractivity contribution < 1.29 is 4.74 Å². The van der Waals surface area contributed by atoms with Gasteiger partial charge in [0.25, 0.3) is 5.56 Å². The minimum absolute atomic E-state index is 0.215. The van der Waals surface area contributed by atoms with Gasteiger partial charge in [0.1, 0.15) is 11.4 Å². The summed E-state index contributed by atoms with van der Waals surface area (Å²) < 4.78 is 5.25. The van der Waals surface area contributed by atoms with Crippen molar-refractivity contribution in [2.45, 2.75) is 20.3 Å². The van der Waals surface area contributed by atoms with E-state index in [-0.39, 0.29) is 11.5 Å². The molecule has 0 atom stereocenters. The summed E-state index contributed by atoms with van der Waals surface area (Å²) in [5.41, 5.74) is 4.64. The molecule has 3 aromatic rings. The predicted octanol–water partition coefficient (Wildman–Crippen LogP) is 2.86. The fourth-order valence-electron chi connectivity index (χ4n) is 2.44. The lowest BCUT2D eigenvalue weighted by atomic mass is 10.0. The molecule has 128 valence electrons. The van der Waals surface area contributed by atoms with Gasteiger partial charge in [-0.15, -0.1) is 10.2 Å². The molecular formula is C18H19N5O2. The summed E-state index contributed by atoms with van der Waals surface area (Å²) in [5.74, 6) is 1.04. The zero-order valence-corrected chi connectivity index (χ0v) is 14.3. The number of hydrogen-bond donors (Lipinski definition) is 2. The third-order valence-corrected chi connectivity index (χ3v) is 3.87. The third kappa shape index (κ3) is 3.65. The van der Waals surface area contributed by atoms with Crippen LogP contribution in [0.15, 0.2) is 46.3 Å². The first-order valence-corrected chi connectivity index (χ1v) is 7.95. The average Bonchev–Trinajstić information content (AvgIpc) is 2.64. The summed E-state index contributed by atoms with van der Waals surface area (Å²) in [4.78, 5) is 14.2. The molecule has 0 aliphatic rings. The summed E-state index contributed by atoms with van der Waals surface area (Å²) in [5, 5.41) is 14.2. The van der Waals surface area contributed by atoms with Crippen LogP contribution in [0.1, 0.15) is 24.6 Å². The zero-order valence-electron chi connectivity index (χ0n) is 14.3. The number of ether oxygens (including phenoxy) is 1. The van der Waals surface area contributed by atoms with Gasteiger partial charge < -0.3 is 4.74 Å². The number of nitrogens with one attached hydrogen (secondary N) is 2. The Morgan fingerprint density at radius 2 is 1.96 bits per heavy atom. The number of fused-ring (bicyclic) bond motifs is 1. The second kappa shape index (κ2) is 7.12. The highest BCUT2D eigenvalue weighted by molar-refractivity contribution is 6.03. The van der Waals surface area contributed by atoms with Crippen LogP contribution >= 0.6 is 0 Å². The number of rotatable bonds is 5. The lowest BCUT2D eigenvalue weighted by molar-refractivity contribution is 0.415. The number of anilines is 1. The predicted molar refractivity (Wildman–Crippen MR) is 98.3 cm³/mol. The lowest BCUT2D eigenvalue weighted by Crippen LogP contribution is -2.16. The van der Waals surface area contributed by atoms with Crippen molar-refractivity contribution in [3.8, 4) is 5.75 Å². The molecule has 2 N–H and O–H groups in total. The fraction of sp³-hybridized carbons (Fsp3) is 0.222. The minimum atomic E-state index is -0.287. The van der Waals surface area contributed by atoms with Crippen molar-refractivity contribution in [2.24, 2.45) is 5.10 Å². The van der Waals surface area contributed by atoms with Gasteiger partial charge in [0.15, 0.2) is 0 Å². The van der Waals surface area contributed by atoms with E-state index in [1.165, 1.54) is 0 Å². The number of nitrogens with zero attached hydrogens (tertiary/aromatic N) is 3. The molecule has 0 unspecified atom stereocenters. The minimum Gasteiger partial charge on any atom is -0.497 e. The maximum atomic E-state index is 11.6. The van der Waals surface area contributed by atoms with E-state index in [1.54, 1.807) is 14.0 Å². The summed E-state index contributed by atoms with van der Waals surface area (Å²) in [6, 6.07) is 12.1. The first-order chi connectivity index (χ1) is 12.1. The van der Waals surface area contributed by atoms with E-state index in [9.17, 15) is 4.79 Å². The number of methoxy groups -OCH3 is 1. The van der Waals surface area contributed by atoms with Gasteiger partial charge in [-0.2, -0.15) is 5.10 Å². The van der Waals surface area contributed by atoms with Gasteiger partial charge in [-0.25, -0.2) is 5.43 Å². The lowest BCUT2D eigenvalue weighted by Gasteiger charge is -2.08. The van der Waals surface area contributed by atoms with Gasteiger partial charge in [-0.1, -0.05) is 25.1 Å². The summed E-state index contributed by atoms with van der Waals surface area (Å²) >= 11 is 0. The van der Waals surface area contributed by atoms with E-state index < -0.39 is 0 Å². The summed E-state index contributed by atoms with van der Waals surface area (Å²) in [6.07, 6.45) is 0.720. The number of H-pyrrole nitrogens is 1. The van der Waals surface area contributed by atoms with E-state index in [0.717, 1.165) is 34.2 Å². The maximum absolute atomic E-state index is 11.6. The molecule has 0 saturated heterocycles. The number of aromatic nitrogens is 3. The highest BCUT2D eigenvalue weighted by atomic mass is 16.5. The number of benzene rings is 2. The fourth-order valence-corrected chi connectivity index (χ4v) is 2.44. The molecule has 0 amide bonds. The molecule has 25 heavy (non-hydrogen) atoms. The van der Waals surface area contributed by atoms with Crippen LogP contribution in [0.25, 0.3) is 10.8 Å². The van der Waals surface area contributed by atoms with Crippen LogP contribution in [0.5, 0.6) is 5.75 Å². The van der Waals surface area contributed by atoms with E-state index in [0.29, 0.717) is 5.69 Å². The van der Waals surface area contributed by atoms with E-state index >= 15 is 0 Å². The monoisotopic (exact) mass is 337 g/mol. The van der Waals surface area contributed by atoms with Crippen molar-refractivity contribution in [1.82, 2.24) is 15.2 Å². The zero-order chi connectivity index (χ0) is 17.8. The van der Waals surface area contributed by atoms with Crippen molar-refractivity contribution >= 4 is 22.4 Å². The smallest absolute Gasteiger partial charge is 0.274 e. The van der Waals surface area contributed by atoms with Gasteiger partial charge in [0.2, 0.25) is 5.95 Å². The summed E-state index contributed by atoms with van der Waals surface area (Å²) in [6.45, 7) is 3.61. The van der Waals surface area contributed by atoms with Gasteiger partial charge in [0.05, 0.1) is 12.8 Å². The standard InChI is InChI=1S/C18H19N5O2/c1-4-16(21-23-18-19-17(24)11(2)20-22-18)14-6-5-13-10-15(25-3)8-7-12(13)9-14/h5-10H,4H2,1-3H3,(H2,19,22,23,24)/b21-16-. The number of hydrogen-bond acceptors (Lipinski definition) is 6. The Morgan fingerprint density at radius 3 is 2.68 bits per heavy atom. The molecule has 7 heteroatoms. The van der Waals surface area contributed by atoms with Crippen molar-refractivity contribution in [3.63, 3.8) is 0 Å². The molecule has 0 saturated carbocycles. The van der Waals surface area contributed by atoms with Gasteiger partial charge in [-0.05, 0) is 47.9 Å². The quantitative estimate of drug-likeness (QED) is 0.552. The highest BCUT2D eigenvalue weighted by Gasteiger charge is 2.05. The Morgan fingerprint density at radius 1 is 1.20 bits per heavy atom. The van der Waals surface area contributed by atoms with Gasteiger partial charge in [0, 0.05) is 0 Å². The Kier molecular flexibility index (Phi) is 4.74. The summed E-state index contributed by atoms with van der Waals surface area (Å²) in [7, 11) is 1.65. The molecule has 0 aliphatic carbocycles. The number of hydrazone groups is 1. The molecule has 0 spiro atoms. The first-order valence-electron chi connectivity index (χ1n) is 7.95. The molecular weight excluding hydrogens is 318 g/mol. The normalized spacial score (nSPS) is 11.6.